The van der Waals surface area contributed by atoms with Gasteiger partial charge < -0.3 is 13.7 Å². The first-order chi connectivity index (χ1) is 25.3. The van der Waals surface area contributed by atoms with Crippen molar-refractivity contribution in [3.8, 4) is 33.4 Å². The molecule has 0 saturated carbocycles. The van der Waals surface area contributed by atoms with Gasteiger partial charge in [0.2, 0.25) is 0 Å². The molecule has 0 amide bonds. The van der Waals surface area contributed by atoms with Crippen molar-refractivity contribution in [2.45, 2.75) is 0 Å². The predicted molar refractivity (Wildman–Crippen MR) is 212 cm³/mol. The van der Waals surface area contributed by atoms with Crippen molar-refractivity contribution in [1.29, 1.82) is 0 Å². The number of benzene rings is 8. The van der Waals surface area contributed by atoms with E-state index in [-0.39, 0.29) is 0 Å². The van der Waals surface area contributed by atoms with Crippen molar-refractivity contribution >= 4 is 60.9 Å². The molecule has 51 heavy (non-hydrogen) atoms. The summed E-state index contributed by atoms with van der Waals surface area (Å²) >= 11 is 0. The van der Waals surface area contributed by atoms with Crippen LogP contribution in [0, 0.1) is 0 Å². The number of furan rings is 2. The van der Waals surface area contributed by atoms with Crippen molar-refractivity contribution in [3.63, 3.8) is 0 Å². The van der Waals surface area contributed by atoms with Crippen molar-refractivity contribution < 1.29 is 8.83 Å². The summed E-state index contributed by atoms with van der Waals surface area (Å²) in [5, 5.41) is 4.27. The molecule has 10 rings (SSSR count). The Morgan fingerprint density at radius 2 is 0.941 bits per heavy atom. The van der Waals surface area contributed by atoms with Crippen molar-refractivity contribution in [2.75, 3.05) is 4.90 Å². The summed E-state index contributed by atoms with van der Waals surface area (Å²) in [6.45, 7) is 0. The highest BCUT2D eigenvalue weighted by molar-refractivity contribution is 6.19. The smallest absolute Gasteiger partial charge is 0.159 e. The van der Waals surface area contributed by atoms with Gasteiger partial charge in [0.25, 0.3) is 0 Å². The second kappa shape index (κ2) is 11.9. The minimum atomic E-state index is 0.830. The molecule has 3 heteroatoms. The Kier molecular flexibility index (Phi) is 6.81. The Balaban J connectivity index is 1.27. The molecule has 0 unspecified atom stereocenters. The van der Waals surface area contributed by atoms with Crippen LogP contribution in [0.15, 0.2) is 197 Å². The molecule has 0 aliphatic heterocycles. The van der Waals surface area contributed by atoms with E-state index in [2.05, 4.69) is 175 Å². The molecule has 10 aromatic rings. The molecule has 0 atom stereocenters. The average molecular weight is 654 g/mol. The fourth-order valence-electron chi connectivity index (χ4n) is 7.47. The molecular formula is C48H31NO2. The maximum Gasteiger partial charge on any atom is 0.159 e. The van der Waals surface area contributed by atoms with E-state index in [9.17, 15) is 0 Å². The number of para-hydroxylation sites is 2. The summed E-state index contributed by atoms with van der Waals surface area (Å²) in [6.07, 6.45) is 0. The number of anilines is 3. The summed E-state index contributed by atoms with van der Waals surface area (Å²) in [7, 11) is 0. The maximum absolute atomic E-state index is 6.89. The van der Waals surface area contributed by atoms with Crippen LogP contribution in [0.1, 0.15) is 0 Å². The third kappa shape index (κ3) is 4.90. The van der Waals surface area contributed by atoms with E-state index in [1.807, 2.05) is 18.2 Å². The van der Waals surface area contributed by atoms with Crippen molar-refractivity contribution in [1.82, 2.24) is 0 Å². The van der Waals surface area contributed by atoms with E-state index < -0.39 is 0 Å². The van der Waals surface area contributed by atoms with Gasteiger partial charge in [-0.2, -0.15) is 0 Å². The Labute approximate surface area is 295 Å². The van der Waals surface area contributed by atoms with E-state index >= 15 is 0 Å². The highest BCUT2D eigenvalue weighted by Crippen LogP contribution is 2.49. The second-order valence-corrected chi connectivity index (χ2v) is 12.9. The first kappa shape index (κ1) is 29.1. The molecule has 0 aliphatic carbocycles. The molecule has 0 saturated heterocycles. The molecule has 0 radical (unpaired) electrons. The van der Waals surface area contributed by atoms with E-state index in [0.29, 0.717) is 0 Å². The number of hydrogen-bond acceptors (Lipinski definition) is 3. The normalized spacial score (nSPS) is 11.5. The lowest BCUT2D eigenvalue weighted by Crippen LogP contribution is -2.11. The molecule has 2 heterocycles. The SMILES string of the molecule is c1ccc(-c2cccc(N(c3cccc4c3oc3cc(-c5ccccc5)ccc34)c3ccc(-c4ccccc4)c4oc5ccccc5c34)c2)cc1. The minimum Gasteiger partial charge on any atom is -0.455 e. The minimum absolute atomic E-state index is 0.830. The molecular weight excluding hydrogens is 623 g/mol. The lowest BCUT2D eigenvalue weighted by molar-refractivity contribution is 0.668. The van der Waals surface area contributed by atoms with Crippen LogP contribution in [-0.2, 0) is 0 Å². The van der Waals surface area contributed by atoms with Crippen LogP contribution in [0.25, 0.3) is 77.3 Å². The second-order valence-electron chi connectivity index (χ2n) is 12.9. The lowest BCUT2D eigenvalue weighted by Gasteiger charge is -2.27. The Morgan fingerprint density at radius 3 is 1.71 bits per heavy atom. The van der Waals surface area contributed by atoms with Crippen LogP contribution in [0.4, 0.5) is 17.1 Å². The van der Waals surface area contributed by atoms with Crippen molar-refractivity contribution in [3.05, 3.63) is 188 Å². The van der Waals surface area contributed by atoms with Gasteiger partial charge in [-0.15, -0.1) is 0 Å². The van der Waals surface area contributed by atoms with Crippen LogP contribution in [0.5, 0.6) is 0 Å². The standard InChI is InChI=1S/C48H31NO2/c1-4-14-32(15-5-1)35-20-12-21-37(30-35)49(42-29-28-38(34-18-8-3-9-19-34)48-46(42)41-22-10-11-25-44(41)50-48)43-24-13-23-40-39-27-26-36(31-45(39)51-47(40)43)33-16-6-2-7-17-33/h1-31H. The van der Waals surface area contributed by atoms with Crippen molar-refractivity contribution in [2.24, 2.45) is 0 Å². The Morgan fingerprint density at radius 1 is 0.333 bits per heavy atom. The van der Waals surface area contributed by atoms with Crippen LogP contribution < -0.4 is 4.90 Å². The van der Waals surface area contributed by atoms with Gasteiger partial charge in [0, 0.05) is 27.4 Å². The number of nitrogens with zero attached hydrogens (tertiary/aromatic N) is 1. The quantitative estimate of drug-likeness (QED) is 0.179. The third-order valence-corrected chi connectivity index (χ3v) is 9.87. The zero-order valence-corrected chi connectivity index (χ0v) is 27.7. The van der Waals surface area contributed by atoms with Gasteiger partial charge in [0.05, 0.1) is 16.8 Å². The molecule has 240 valence electrons. The average Bonchev–Trinajstić information content (AvgIpc) is 3.78. The van der Waals surface area contributed by atoms with Crippen LogP contribution in [0.2, 0.25) is 0 Å². The number of fused-ring (bicyclic) bond motifs is 6. The monoisotopic (exact) mass is 653 g/mol. The van der Waals surface area contributed by atoms with Crippen LogP contribution >= 0.6 is 0 Å². The van der Waals surface area contributed by atoms with Gasteiger partial charge >= 0.3 is 0 Å². The number of rotatable bonds is 6. The summed E-state index contributed by atoms with van der Waals surface area (Å²) in [5.74, 6) is 0. The Bertz CT molecular complexity index is 2850. The molecule has 0 fully saturated rings. The molecule has 2 aromatic heterocycles. The first-order valence-corrected chi connectivity index (χ1v) is 17.3. The zero-order valence-electron chi connectivity index (χ0n) is 27.7. The van der Waals surface area contributed by atoms with Gasteiger partial charge in [-0.25, -0.2) is 0 Å². The Hall–Kier alpha value is -6.84. The molecule has 8 aromatic carbocycles. The lowest BCUT2D eigenvalue weighted by atomic mass is 9.99. The topological polar surface area (TPSA) is 29.5 Å². The zero-order chi connectivity index (χ0) is 33.7. The highest BCUT2D eigenvalue weighted by atomic mass is 16.3. The largest absolute Gasteiger partial charge is 0.455 e. The van der Waals surface area contributed by atoms with Gasteiger partial charge in [-0.3, -0.25) is 0 Å². The molecule has 0 spiro atoms. The molecule has 0 N–H and O–H groups in total. The molecule has 3 nitrogen and oxygen atoms in total. The summed E-state index contributed by atoms with van der Waals surface area (Å²) in [5.41, 5.74) is 13.1. The molecule has 0 aliphatic rings. The van der Waals surface area contributed by atoms with E-state index in [0.717, 1.165) is 94.3 Å². The van der Waals surface area contributed by atoms with Crippen LogP contribution in [0.3, 0.4) is 0 Å². The van der Waals surface area contributed by atoms with Gasteiger partial charge in [-0.1, -0.05) is 140 Å². The highest BCUT2D eigenvalue weighted by Gasteiger charge is 2.25. The van der Waals surface area contributed by atoms with Gasteiger partial charge in [0.1, 0.15) is 16.7 Å². The van der Waals surface area contributed by atoms with E-state index in [4.69, 9.17) is 8.83 Å². The van der Waals surface area contributed by atoms with E-state index in [1.54, 1.807) is 0 Å². The van der Waals surface area contributed by atoms with Gasteiger partial charge in [0.15, 0.2) is 5.58 Å². The predicted octanol–water partition coefficient (Wildman–Crippen LogP) is 14.0. The maximum atomic E-state index is 6.89. The number of hydrogen-bond donors (Lipinski definition) is 0. The summed E-state index contributed by atoms with van der Waals surface area (Å²) in [4.78, 5) is 2.34. The fraction of sp³-hybridized carbons (Fsp3) is 0. The summed E-state index contributed by atoms with van der Waals surface area (Å²) in [6, 6.07) is 66.0. The fourth-order valence-corrected chi connectivity index (χ4v) is 7.47. The first-order valence-electron chi connectivity index (χ1n) is 17.3. The van der Waals surface area contributed by atoms with Crippen LogP contribution in [-0.4, -0.2) is 0 Å². The van der Waals surface area contributed by atoms with E-state index in [1.165, 1.54) is 0 Å². The molecule has 0 bridgehead atoms. The third-order valence-electron chi connectivity index (χ3n) is 9.87. The van der Waals surface area contributed by atoms with Gasteiger partial charge in [-0.05, 0) is 76.3 Å². The summed E-state index contributed by atoms with van der Waals surface area (Å²) < 4.78 is 13.6.